The van der Waals surface area contributed by atoms with E-state index in [9.17, 15) is 0 Å². The van der Waals surface area contributed by atoms with Gasteiger partial charge in [-0.25, -0.2) is 0 Å². The summed E-state index contributed by atoms with van der Waals surface area (Å²) in [6, 6.07) is 4.94. The molecule has 1 fully saturated rings. The van der Waals surface area contributed by atoms with Crippen LogP contribution in [0.4, 0.5) is 5.69 Å². The third-order valence-corrected chi connectivity index (χ3v) is 3.35. The number of hydrogen-bond donors (Lipinski definition) is 1. The molecule has 1 aliphatic rings. The molecule has 0 aliphatic heterocycles. The molecule has 16 heavy (non-hydrogen) atoms. The van der Waals surface area contributed by atoms with Gasteiger partial charge in [-0.1, -0.05) is 12.8 Å². The SMILES string of the molecule is Cc1cc(N(CCN)C2CCCC2)ccn1. The van der Waals surface area contributed by atoms with Gasteiger partial charge in [-0.2, -0.15) is 0 Å². The van der Waals surface area contributed by atoms with Crippen molar-refractivity contribution in [3.63, 3.8) is 0 Å². The first-order valence-corrected chi connectivity index (χ1v) is 6.20. The Morgan fingerprint density at radius 1 is 1.44 bits per heavy atom. The Morgan fingerprint density at radius 2 is 2.19 bits per heavy atom. The van der Waals surface area contributed by atoms with Crippen LogP contribution in [0.1, 0.15) is 31.4 Å². The lowest BCUT2D eigenvalue weighted by molar-refractivity contribution is 0.608. The molecule has 3 heteroatoms. The molecule has 0 radical (unpaired) electrons. The predicted molar refractivity (Wildman–Crippen MR) is 67.6 cm³/mol. The molecule has 1 saturated carbocycles. The predicted octanol–water partition coefficient (Wildman–Crippen LogP) is 2.10. The Labute approximate surface area is 97.7 Å². The first-order chi connectivity index (χ1) is 7.81. The van der Waals surface area contributed by atoms with Crippen LogP contribution in [0.3, 0.4) is 0 Å². The van der Waals surface area contributed by atoms with Gasteiger partial charge in [-0.05, 0) is 31.9 Å². The van der Waals surface area contributed by atoms with E-state index in [2.05, 4.69) is 22.0 Å². The van der Waals surface area contributed by atoms with Gasteiger partial charge in [0.25, 0.3) is 0 Å². The van der Waals surface area contributed by atoms with Crippen LogP contribution in [0.15, 0.2) is 18.3 Å². The summed E-state index contributed by atoms with van der Waals surface area (Å²) in [5.74, 6) is 0. The van der Waals surface area contributed by atoms with Crippen molar-refractivity contribution < 1.29 is 0 Å². The van der Waals surface area contributed by atoms with Crippen LogP contribution in [0.5, 0.6) is 0 Å². The van der Waals surface area contributed by atoms with E-state index >= 15 is 0 Å². The van der Waals surface area contributed by atoms with Gasteiger partial charge in [0.2, 0.25) is 0 Å². The molecule has 2 N–H and O–H groups in total. The minimum Gasteiger partial charge on any atom is -0.367 e. The van der Waals surface area contributed by atoms with Crippen LogP contribution in [0, 0.1) is 6.92 Å². The summed E-state index contributed by atoms with van der Waals surface area (Å²) in [6.07, 6.45) is 7.22. The average molecular weight is 219 g/mol. The number of pyridine rings is 1. The van der Waals surface area contributed by atoms with Crippen LogP contribution in [-0.4, -0.2) is 24.1 Å². The van der Waals surface area contributed by atoms with Crippen LogP contribution < -0.4 is 10.6 Å². The van der Waals surface area contributed by atoms with Crippen LogP contribution in [-0.2, 0) is 0 Å². The van der Waals surface area contributed by atoms with E-state index in [-0.39, 0.29) is 0 Å². The molecule has 0 amide bonds. The molecule has 0 saturated heterocycles. The molecule has 1 aromatic heterocycles. The smallest absolute Gasteiger partial charge is 0.0402 e. The molecular weight excluding hydrogens is 198 g/mol. The van der Waals surface area contributed by atoms with Gasteiger partial charge in [0.15, 0.2) is 0 Å². The molecule has 0 unspecified atom stereocenters. The number of nitrogens with zero attached hydrogens (tertiary/aromatic N) is 2. The van der Waals surface area contributed by atoms with Gasteiger partial charge in [0.05, 0.1) is 0 Å². The number of nitrogens with two attached hydrogens (primary N) is 1. The molecule has 0 aromatic carbocycles. The Morgan fingerprint density at radius 3 is 2.81 bits per heavy atom. The average Bonchev–Trinajstić information content (AvgIpc) is 2.79. The molecule has 2 rings (SSSR count). The summed E-state index contributed by atoms with van der Waals surface area (Å²) >= 11 is 0. The second-order valence-corrected chi connectivity index (χ2v) is 4.58. The minimum atomic E-state index is 0.686. The molecule has 0 atom stereocenters. The maximum Gasteiger partial charge on any atom is 0.0402 e. The first kappa shape index (κ1) is 11.4. The molecule has 3 nitrogen and oxygen atoms in total. The standard InChI is InChI=1S/C13H21N3/c1-11-10-13(6-8-15-11)16(9-7-14)12-4-2-3-5-12/h6,8,10,12H,2-5,7,9,14H2,1H3. The van der Waals surface area contributed by atoms with Crippen molar-refractivity contribution in [1.29, 1.82) is 0 Å². The van der Waals surface area contributed by atoms with Gasteiger partial charge in [-0.3, -0.25) is 4.98 Å². The monoisotopic (exact) mass is 219 g/mol. The molecule has 1 aromatic rings. The van der Waals surface area contributed by atoms with Crippen molar-refractivity contribution in [1.82, 2.24) is 4.98 Å². The van der Waals surface area contributed by atoms with Gasteiger partial charge in [0, 0.05) is 36.7 Å². The highest BCUT2D eigenvalue weighted by atomic mass is 15.2. The fraction of sp³-hybridized carbons (Fsp3) is 0.615. The lowest BCUT2D eigenvalue weighted by Crippen LogP contribution is -2.37. The Bertz CT molecular complexity index is 332. The van der Waals surface area contributed by atoms with E-state index in [1.807, 2.05) is 13.1 Å². The number of aryl methyl sites for hydroxylation is 1. The fourth-order valence-corrected chi connectivity index (χ4v) is 2.59. The van der Waals surface area contributed by atoms with E-state index in [4.69, 9.17) is 5.73 Å². The normalized spacial score (nSPS) is 16.6. The second kappa shape index (κ2) is 5.30. The van der Waals surface area contributed by atoms with Crippen molar-refractivity contribution in [2.75, 3.05) is 18.0 Å². The highest BCUT2D eigenvalue weighted by Gasteiger charge is 2.22. The zero-order valence-corrected chi connectivity index (χ0v) is 10.0. The van der Waals surface area contributed by atoms with E-state index in [1.165, 1.54) is 31.4 Å². The van der Waals surface area contributed by atoms with Gasteiger partial charge in [-0.15, -0.1) is 0 Å². The summed E-state index contributed by atoms with van der Waals surface area (Å²) in [4.78, 5) is 6.71. The first-order valence-electron chi connectivity index (χ1n) is 6.20. The fourth-order valence-electron chi connectivity index (χ4n) is 2.59. The van der Waals surface area contributed by atoms with E-state index in [1.54, 1.807) is 0 Å². The summed E-state index contributed by atoms with van der Waals surface area (Å²) in [5.41, 5.74) is 8.08. The third kappa shape index (κ3) is 2.53. The second-order valence-electron chi connectivity index (χ2n) is 4.58. The molecule has 0 bridgehead atoms. The molecule has 88 valence electrons. The van der Waals surface area contributed by atoms with Crippen LogP contribution >= 0.6 is 0 Å². The van der Waals surface area contributed by atoms with Crippen molar-refractivity contribution in [2.24, 2.45) is 5.73 Å². The van der Waals surface area contributed by atoms with Crippen molar-refractivity contribution in [3.8, 4) is 0 Å². The number of anilines is 1. The topological polar surface area (TPSA) is 42.1 Å². The largest absolute Gasteiger partial charge is 0.367 e. The van der Waals surface area contributed by atoms with E-state index in [0.29, 0.717) is 6.04 Å². The Balaban J connectivity index is 2.17. The van der Waals surface area contributed by atoms with E-state index in [0.717, 1.165) is 18.8 Å². The summed E-state index contributed by atoms with van der Waals surface area (Å²) in [5, 5.41) is 0. The maximum atomic E-state index is 5.72. The van der Waals surface area contributed by atoms with Gasteiger partial charge < -0.3 is 10.6 Å². The summed E-state index contributed by atoms with van der Waals surface area (Å²) in [7, 11) is 0. The maximum absolute atomic E-state index is 5.72. The van der Waals surface area contributed by atoms with Crippen LogP contribution in [0.2, 0.25) is 0 Å². The summed E-state index contributed by atoms with van der Waals surface area (Å²) < 4.78 is 0. The van der Waals surface area contributed by atoms with Crippen molar-refractivity contribution in [2.45, 2.75) is 38.6 Å². The zero-order valence-electron chi connectivity index (χ0n) is 10.0. The van der Waals surface area contributed by atoms with Crippen molar-refractivity contribution in [3.05, 3.63) is 24.0 Å². The van der Waals surface area contributed by atoms with Gasteiger partial charge in [0.1, 0.15) is 0 Å². The highest BCUT2D eigenvalue weighted by molar-refractivity contribution is 5.47. The minimum absolute atomic E-state index is 0.686. The Hall–Kier alpha value is -1.09. The highest BCUT2D eigenvalue weighted by Crippen LogP contribution is 2.27. The van der Waals surface area contributed by atoms with E-state index < -0.39 is 0 Å². The lowest BCUT2D eigenvalue weighted by atomic mass is 10.2. The number of aromatic nitrogens is 1. The molecule has 0 spiro atoms. The molecular formula is C13H21N3. The lowest BCUT2D eigenvalue weighted by Gasteiger charge is -2.30. The Kier molecular flexibility index (Phi) is 3.78. The zero-order chi connectivity index (χ0) is 11.4. The third-order valence-electron chi connectivity index (χ3n) is 3.35. The van der Waals surface area contributed by atoms with Crippen LogP contribution in [0.25, 0.3) is 0 Å². The van der Waals surface area contributed by atoms with Crippen molar-refractivity contribution >= 4 is 5.69 Å². The molecule has 1 aliphatic carbocycles. The number of hydrogen-bond acceptors (Lipinski definition) is 3. The quantitative estimate of drug-likeness (QED) is 0.843. The van der Waals surface area contributed by atoms with Gasteiger partial charge >= 0.3 is 0 Å². The molecule has 1 heterocycles. The summed E-state index contributed by atoms with van der Waals surface area (Å²) in [6.45, 7) is 3.71. The number of rotatable bonds is 4.